The molecule has 0 bridgehead atoms. The minimum absolute atomic E-state index is 0.0143. The molecular weight excluding hydrogens is 519 g/mol. The molecule has 0 radical (unpaired) electrons. The molecule has 9 heteroatoms. The molecule has 3 fully saturated rings. The van der Waals surface area contributed by atoms with E-state index < -0.39 is 13.3 Å². The Morgan fingerprint density at radius 1 is 1.00 bits per heavy atom. The van der Waals surface area contributed by atoms with Crippen molar-refractivity contribution in [1.82, 2.24) is 5.32 Å². The zero-order valence-electron chi connectivity index (χ0n) is 23.8. The molecule has 0 unspecified atom stereocenters. The second kappa shape index (κ2) is 12.1. The Balaban J connectivity index is 1.51. The van der Waals surface area contributed by atoms with Crippen LogP contribution in [0.3, 0.4) is 0 Å². The second-order valence-corrected chi connectivity index (χ2v) is 16.9. The molecule has 214 valence electrons. The van der Waals surface area contributed by atoms with Gasteiger partial charge in [0.05, 0.1) is 5.69 Å². The molecule has 2 N–H and O–H groups in total. The maximum Gasteiger partial charge on any atom is 0.348 e. The second-order valence-electron chi connectivity index (χ2n) is 12.9. The first-order valence-electron chi connectivity index (χ1n) is 14.5. The number of nitrogens with one attached hydrogen (secondary N) is 1. The summed E-state index contributed by atoms with van der Waals surface area (Å²) in [6.07, 6.45) is 10.5. The molecule has 1 aromatic heterocycles. The fourth-order valence-electron chi connectivity index (χ4n) is 6.43. The lowest BCUT2D eigenvalue weighted by Crippen LogP contribution is -2.50. The van der Waals surface area contributed by atoms with E-state index in [0.29, 0.717) is 36.0 Å². The van der Waals surface area contributed by atoms with Crippen LogP contribution in [0, 0.1) is 11.8 Å². The van der Waals surface area contributed by atoms with Gasteiger partial charge in [-0.2, -0.15) is 0 Å². The van der Waals surface area contributed by atoms with Crippen LogP contribution < -0.4 is 10.2 Å². The standard InChI is InChI=1S/C29H47N2O5PS/c1-19-6-8-20(9-7-19)27(32)31(24-18-25(29(2,3)4)38-26(24)28(33)34)23-12-10-21(11-13-23)30-22-14-16-37(35,36-5)17-15-22/h18-23,30H,6-17H2,1-5H3,(H,33,34)/t19-,20-,21?,22?,23?,37?. The number of amides is 1. The minimum Gasteiger partial charge on any atom is -0.477 e. The average Bonchev–Trinajstić information content (AvgIpc) is 3.33. The van der Waals surface area contributed by atoms with Crippen molar-refractivity contribution in [3.05, 3.63) is 15.8 Å². The largest absolute Gasteiger partial charge is 0.477 e. The fourth-order valence-corrected chi connectivity index (χ4v) is 9.47. The normalized spacial score (nSPS) is 32.6. The maximum absolute atomic E-state index is 14.1. The van der Waals surface area contributed by atoms with Crippen LogP contribution >= 0.6 is 18.7 Å². The van der Waals surface area contributed by atoms with E-state index in [1.165, 1.54) is 11.3 Å². The topological polar surface area (TPSA) is 95.9 Å². The van der Waals surface area contributed by atoms with Gasteiger partial charge in [-0.05, 0) is 81.6 Å². The fraction of sp³-hybridized carbons (Fsp3) is 0.793. The summed E-state index contributed by atoms with van der Waals surface area (Å²) in [5.74, 6) is -0.205. The highest BCUT2D eigenvalue weighted by molar-refractivity contribution is 7.59. The Morgan fingerprint density at radius 3 is 2.11 bits per heavy atom. The van der Waals surface area contributed by atoms with Crippen molar-refractivity contribution in [3.8, 4) is 0 Å². The Bertz CT molecular complexity index is 1020. The van der Waals surface area contributed by atoms with Crippen LogP contribution in [0.25, 0.3) is 0 Å². The molecule has 2 aliphatic carbocycles. The summed E-state index contributed by atoms with van der Waals surface area (Å²) < 4.78 is 17.8. The van der Waals surface area contributed by atoms with Gasteiger partial charge in [-0.15, -0.1) is 11.3 Å². The molecule has 0 aromatic carbocycles. The predicted molar refractivity (Wildman–Crippen MR) is 155 cm³/mol. The number of nitrogens with zero attached hydrogens (tertiary/aromatic N) is 1. The third kappa shape index (κ3) is 6.92. The molecule has 1 amide bonds. The number of carboxylic acid groups (broad SMARTS) is 1. The first-order valence-corrected chi connectivity index (χ1v) is 17.3. The van der Waals surface area contributed by atoms with E-state index in [-0.39, 0.29) is 28.2 Å². The number of thiophene rings is 1. The molecule has 7 nitrogen and oxygen atoms in total. The highest BCUT2D eigenvalue weighted by atomic mass is 32.1. The molecular formula is C29H47N2O5PS. The average molecular weight is 567 g/mol. The summed E-state index contributed by atoms with van der Waals surface area (Å²) in [7, 11) is -0.865. The monoisotopic (exact) mass is 566 g/mol. The predicted octanol–water partition coefficient (Wildman–Crippen LogP) is 6.89. The van der Waals surface area contributed by atoms with Crippen molar-refractivity contribution >= 4 is 36.3 Å². The van der Waals surface area contributed by atoms with Crippen LogP contribution in [0.15, 0.2) is 6.07 Å². The highest BCUT2D eigenvalue weighted by Crippen LogP contribution is 2.50. The Hall–Kier alpha value is -1.21. The molecule has 3 aliphatic rings. The van der Waals surface area contributed by atoms with Crippen LogP contribution in [-0.4, -0.2) is 54.5 Å². The molecule has 1 saturated heterocycles. The van der Waals surface area contributed by atoms with E-state index in [1.54, 1.807) is 7.11 Å². The number of hydrogen-bond donors (Lipinski definition) is 2. The van der Waals surface area contributed by atoms with E-state index >= 15 is 0 Å². The first kappa shape index (κ1) is 29.8. The lowest BCUT2D eigenvalue weighted by Gasteiger charge is -2.41. The Morgan fingerprint density at radius 2 is 1.58 bits per heavy atom. The molecule has 0 atom stereocenters. The Labute approximate surface area is 232 Å². The lowest BCUT2D eigenvalue weighted by molar-refractivity contribution is -0.124. The van der Waals surface area contributed by atoms with Crippen LogP contribution in [-0.2, 0) is 19.3 Å². The summed E-state index contributed by atoms with van der Waals surface area (Å²) in [5, 5.41) is 13.9. The van der Waals surface area contributed by atoms with Crippen molar-refractivity contribution in [1.29, 1.82) is 0 Å². The molecule has 4 rings (SSSR count). The van der Waals surface area contributed by atoms with E-state index in [2.05, 4.69) is 33.0 Å². The van der Waals surface area contributed by atoms with Crippen LogP contribution in [0.4, 0.5) is 5.69 Å². The van der Waals surface area contributed by atoms with Crippen molar-refractivity contribution in [2.24, 2.45) is 11.8 Å². The molecule has 1 aromatic rings. The number of carbonyl (C=O) groups is 2. The highest BCUT2D eigenvalue weighted by Gasteiger charge is 2.39. The number of aromatic carboxylic acids is 1. The van der Waals surface area contributed by atoms with E-state index in [1.807, 2.05) is 11.0 Å². The van der Waals surface area contributed by atoms with Crippen LogP contribution in [0.5, 0.6) is 0 Å². The van der Waals surface area contributed by atoms with E-state index in [9.17, 15) is 19.3 Å². The summed E-state index contributed by atoms with van der Waals surface area (Å²) in [4.78, 5) is 29.7. The van der Waals surface area contributed by atoms with Crippen molar-refractivity contribution in [2.75, 3.05) is 24.3 Å². The molecule has 0 spiro atoms. The van der Waals surface area contributed by atoms with Crippen molar-refractivity contribution < 1.29 is 23.8 Å². The first-order chi connectivity index (χ1) is 17.9. The summed E-state index contributed by atoms with van der Waals surface area (Å²) in [5.41, 5.74) is 0.422. The number of anilines is 1. The third-order valence-electron chi connectivity index (χ3n) is 9.01. The number of carboxylic acids is 1. The van der Waals surface area contributed by atoms with Gasteiger partial charge in [0.25, 0.3) is 0 Å². The third-order valence-corrected chi connectivity index (χ3v) is 13.1. The minimum atomic E-state index is -2.42. The van der Waals surface area contributed by atoms with Gasteiger partial charge in [0.2, 0.25) is 13.3 Å². The number of rotatable bonds is 7. The maximum atomic E-state index is 14.1. The van der Waals surface area contributed by atoms with Gasteiger partial charge in [-0.3, -0.25) is 9.36 Å². The van der Waals surface area contributed by atoms with E-state index in [0.717, 1.165) is 69.1 Å². The zero-order chi connectivity index (χ0) is 27.7. The quantitative estimate of drug-likeness (QED) is 0.349. The lowest BCUT2D eigenvalue weighted by atomic mass is 9.81. The van der Waals surface area contributed by atoms with Crippen LogP contribution in [0.2, 0.25) is 0 Å². The van der Waals surface area contributed by atoms with E-state index in [4.69, 9.17) is 4.52 Å². The van der Waals surface area contributed by atoms with Gasteiger partial charge >= 0.3 is 5.97 Å². The van der Waals surface area contributed by atoms with Crippen LogP contribution in [0.1, 0.15) is 106 Å². The van der Waals surface area contributed by atoms with Gasteiger partial charge in [-0.1, -0.05) is 27.7 Å². The van der Waals surface area contributed by atoms with Gasteiger partial charge in [0.1, 0.15) is 4.88 Å². The number of carbonyl (C=O) groups excluding carboxylic acids is 1. The molecule has 1 aliphatic heterocycles. The van der Waals surface area contributed by atoms with Gasteiger partial charge in [-0.25, -0.2) is 4.79 Å². The zero-order valence-corrected chi connectivity index (χ0v) is 25.5. The number of hydrogen-bond acceptors (Lipinski definition) is 6. The summed E-state index contributed by atoms with van der Waals surface area (Å²) >= 11 is 1.32. The molecule has 2 heterocycles. The molecule has 2 saturated carbocycles. The van der Waals surface area contributed by atoms with Gasteiger partial charge < -0.3 is 19.8 Å². The summed E-state index contributed by atoms with van der Waals surface area (Å²) in [6, 6.07) is 2.73. The molecule has 38 heavy (non-hydrogen) atoms. The van der Waals surface area contributed by atoms with Crippen molar-refractivity contribution in [3.63, 3.8) is 0 Å². The SMILES string of the molecule is COP1(=O)CCC(NC2CCC(N(c3cc(C(C)(C)C)sc3C(=O)O)C(=O)[C@H]3CC[C@H](C)CC3)CC2)CC1. The van der Waals surface area contributed by atoms with Crippen molar-refractivity contribution in [2.45, 2.75) is 115 Å². The smallest absolute Gasteiger partial charge is 0.348 e. The van der Waals surface area contributed by atoms with Gasteiger partial charge in [0.15, 0.2) is 0 Å². The van der Waals surface area contributed by atoms with Gasteiger partial charge in [0, 0.05) is 48.4 Å². The summed E-state index contributed by atoms with van der Waals surface area (Å²) in [6.45, 7) is 8.54. The Kier molecular flexibility index (Phi) is 9.49.